The van der Waals surface area contributed by atoms with Crippen LogP contribution in [0.4, 0.5) is 0 Å². The van der Waals surface area contributed by atoms with Crippen LogP contribution >= 0.6 is 0 Å². The fourth-order valence-corrected chi connectivity index (χ4v) is 2.28. The second-order valence-corrected chi connectivity index (χ2v) is 6.46. The first-order valence-electron chi connectivity index (χ1n) is 9.33. The second kappa shape index (κ2) is 14.1. The van der Waals surface area contributed by atoms with E-state index in [-0.39, 0.29) is 23.9 Å². The van der Waals surface area contributed by atoms with E-state index in [1.54, 1.807) is 38.5 Å². The summed E-state index contributed by atoms with van der Waals surface area (Å²) in [4.78, 5) is 24.5. The van der Waals surface area contributed by atoms with Gasteiger partial charge in [-0.25, -0.2) is 0 Å². The number of methoxy groups -OCH3 is 2. The van der Waals surface area contributed by atoms with Crippen molar-refractivity contribution >= 4 is 11.8 Å². The molecule has 8 nitrogen and oxygen atoms in total. The third kappa shape index (κ3) is 9.80. The van der Waals surface area contributed by atoms with Gasteiger partial charge >= 0.3 is 0 Å². The zero-order valence-electron chi connectivity index (χ0n) is 17.2. The summed E-state index contributed by atoms with van der Waals surface area (Å²) in [6, 6.07) is 6.24. The van der Waals surface area contributed by atoms with Crippen molar-refractivity contribution in [1.82, 2.24) is 10.6 Å². The van der Waals surface area contributed by atoms with E-state index in [1.165, 1.54) is 0 Å². The van der Waals surface area contributed by atoms with Gasteiger partial charge in [0.2, 0.25) is 0 Å². The van der Waals surface area contributed by atoms with Crippen LogP contribution in [0.2, 0.25) is 0 Å². The van der Waals surface area contributed by atoms with Crippen LogP contribution in [0, 0.1) is 0 Å². The Bertz CT molecular complexity index is 528. The quantitative estimate of drug-likeness (QED) is 0.460. The van der Waals surface area contributed by atoms with Crippen LogP contribution in [0.25, 0.3) is 0 Å². The Morgan fingerprint density at radius 3 is 1.43 bits per heavy atom. The number of hydrogen-bond acceptors (Lipinski definition) is 6. The van der Waals surface area contributed by atoms with Crippen molar-refractivity contribution < 1.29 is 28.5 Å². The van der Waals surface area contributed by atoms with Crippen LogP contribution in [0.3, 0.4) is 0 Å². The molecule has 0 heterocycles. The predicted octanol–water partition coefficient (Wildman–Crippen LogP) is 1.25. The maximum Gasteiger partial charge on any atom is 0.251 e. The summed E-state index contributed by atoms with van der Waals surface area (Å²) in [5, 5.41) is 5.71. The Morgan fingerprint density at radius 1 is 0.750 bits per heavy atom. The number of carbonyl (C=O) groups excluding carboxylic acids is 2. The Labute approximate surface area is 166 Å². The fraction of sp³-hybridized carbons (Fsp3) is 0.600. The molecule has 2 amide bonds. The number of ether oxygens (including phenoxy) is 4. The normalized spacial score (nSPS) is 13.0. The summed E-state index contributed by atoms with van der Waals surface area (Å²) in [6.45, 7) is 6.53. The van der Waals surface area contributed by atoms with Gasteiger partial charge < -0.3 is 29.6 Å². The molecule has 0 aromatic heterocycles. The molecule has 158 valence electrons. The smallest absolute Gasteiger partial charge is 0.251 e. The van der Waals surface area contributed by atoms with Gasteiger partial charge in [-0.3, -0.25) is 9.59 Å². The highest BCUT2D eigenvalue weighted by Crippen LogP contribution is 2.06. The standard InChI is InChI=1S/C20H32N2O6/c1-15(13-27-11-9-25-3)21-19(23)17-5-7-18(8-6-17)20(24)22-16(2)14-28-12-10-26-4/h5-8,15-16H,9-14H2,1-4H3,(H,21,23)(H,22,24). The van der Waals surface area contributed by atoms with Gasteiger partial charge in [0.1, 0.15) is 0 Å². The molecule has 0 bridgehead atoms. The predicted molar refractivity (Wildman–Crippen MR) is 106 cm³/mol. The molecule has 8 heteroatoms. The lowest BCUT2D eigenvalue weighted by Crippen LogP contribution is -2.37. The Kier molecular flexibility index (Phi) is 12.1. The number of hydrogen-bond donors (Lipinski definition) is 2. The first-order valence-corrected chi connectivity index (χ1v) is 9.33. The Balaban J connectivity index is 2.42. The molecule has 0 fully saturated rings. The molecule has 0 radical (unpaired) electrons. The molecule has 2 atom stereocenters. The Morgan fingerprint density at radius 2 is 1.11 bits per heavy atom. The van der Waals surface area contributed by atoms with E-state index < -0.39 is 0 Å². The second-order valence-electron chi connectivity index (χ2n) is 6.46. The molecular formula is C20H32N2O6. The summed E-state index contributed by atoms with van der Waals surface area (Å²) in [6.07, 6.45) is 0. The lowest BCUT2D eigenvalue weighted by molar-refractivity contribution is 0.0582. The van der Waals surface area contributed by atoms with E-state index >= 15 is 0 Å². The minimum atomic E-state index is -0.213. The van der Waals surface area contributed by atoms with Crippen molar-refractivity contribution in [2.24, 2.45) is 0 Å². The minimum absolute atomic E-state index is 0.133. The summed E-state index contributed by atoms with van der Waals surface area (Å²) >= 11 is 0. The van der Waals surface area contributed by atoms with Gasteiger partial charge in [-0.05, 0) is 38.1 Å². The molecule has 0 saturated carbocycles. The number of nitrogens with one attached hydrogen (secondary N) is 2. The van der Waals surface area contributed by atoms with Crippen molar-refractivity contribution in [2.45, 2.75) is 25.9 Å². The zero-order valence-corrected chi connectivity index (χ0v) is 17.2. The van der Waals surface area contributed by atoms with Crippen molar-refractivity contribution in [1.29, 1.82) is 0 Å². The highest BCUT2D eigenvalue weighted by atomic mass is 16.5. The molecule has 2 N–H and O–H groups in total. The number of benzene rings is 1. The van der Waals surface area contributed by atoms with Crippen molar-refractivity contribution in [3.63, 3.8) is 0 Å². The van der Waals surface area contributed by atoms with Gasteiger partial charge in [0, 0.05) is 37.4 Å². The van der Waals surface area contributed by atoms with Crippen molar-refractivity contribution in [3.05, 3.63) is 35.4 Å². The van der Waals surface area contributed by atoms with Gasteiger partial charge in [0.05, 0.1) is 39.6 Å². The monoisotopic (exact) mass is 396 g/mol. The molecule has 0 aliphatic heterocycles. The SMILES string of the molecule is COCCOCC(C)NC(=O)c1ccc(C(=O)NC(C)COCCOC)cc1. The van der Waals surface area contributed by atoms with E-state index in [0.717, 1.165) is 0 Å². The fourth-order valence-electron chi connectivity index (χ4n) is 2.28. The van der Waals surface area contributed by atoms with Gasteiger partial charge in [-0.1, -0.05) is 0 Å². The third-order valence-electron chi connectivity index (χ3n) is 3.76. The molecule has 1 rings (SSSR count). The van der Waals surface area contributed by atoms with Crippen LogP contribution in [-0.2, 0) is 18.9 Å². The molecule has 0 saturated heterocycles. The van der Waals surface area contributed by atoms with Gasteiger partial charge in [0.25, 0.3) is 11.8 Å². The molecule has 1 aromatic rings. The first kappa shape index (κ1) is 24.0. The van der Waals surface area contributed by atoms with Crippen LogP contribution in [-0.4, -0.2) is 77.8 Å². The van der Waals surface area contributed by atoms with E-state index in [4.69, 9.17) is 18.9 Å². The van der Waals surface area contributed by atoms with Crippen LogP contribution < -0.4 is 10.6 Å². The lowest BCUT2D eigenvalue weighted by Gasteiger charge is -2.15. The van der Waals surface area contributed by atoms with Crippen molar-refractivity contribution in [3.8, 4) is 0 Å². The van der Waals surface area contributed by atoms with E-state index in [1.807, 2.05) is 13.8 Å². The minimum Gasteiger partial charge on any atom is -0.382 e. The summed E-state index contributed by atoms with van der Waals surface area (Å²) in [7, 11) is 3.21. The number of rotatable bonds is 14. The van der Waals surface area contributed by atoms with Crippen LogP contribution in [0.15, 0.2) is 24.3 Å². The average Bonchev–Trinajstić information content (AvgIpc) is 2.68. The lowest BCUT2D eigenvalue weighted by atomic mass is 10.1. The van der Waals surface area contributed by atoms with Crippen molar-refractivity contribution in [2.75, 3.05) is 53.9 Å². The van der Waals surface area contributed by atoms with E-state index in [9.17, 15) is 9.59 Å². The first-order chi connectivity index (χ1) is 13.5. The zero-order chi connectivity index (χ0) is 20.8. The molecule has 2 unspecified atom stereocenters. The van der Waals surface area contributed by atoms with Crippen LogP contribution in [0.5, 0.6) is 0 Å². The topological polar surface area (TPSA) is 95.1 Å². The molecule has 0 spiro atoms. The summed E-state index contributed by atoms with van der Waals surface area (Å²) < 4.78 is 20.6. The summed E-state index contributed by atoms with van der Waals surface area (Å²) in [5.74, 6) is -0.426. The van der Waals surface area contributed by atoms with Gasteiger partial charge in [-0.15, -0.1) is 0 Å². The number of amides is 2. The maximum absolute atomic E-state index is 12.3. The van der Waals surface area contributed by atoms with Gasteiger partial charge in [-0.2, -0.15) is 0 Å². The largest absolute Gasteiger partial charge is 0.382 e. The number of carbonyl (C=O) groups is 2. The summed E-state index contributed by atoms with van der Waals surface area (Å²) in [5.41, 5.74) is 0.965. The average molecular weight is 396 g/mol. The molecular weight excluding hydrogens is 364 g/mol. The van der Waals surface area contributed by atoms with Crippen LogP contribution in [0.1, 0.15) is 34.6 Å². The highest BCUT2D eigenvalue weighted by molar-refractivity contribution is 5.98. The molecule has 28 heavy (non-hydrogen) atoms. The highest BCUT2D eigenvalue weighted by Gasteiger charge is 2.13. The van der Waals surface area contributed by atoms with E-state index in [0.29, 0.717) is 50.8 Å². The maximum atomic E-state index is 12.3. The Hall–Kier alpha value is -2.00. The molecule has 1 aromatic carbocycles. The van der Waals surface area contributed by atoms with E-state index in [2.05, 4.69) is 10.6 Å². The molecule has 0 aliphatic rings. The van der Waals surface area contributed by atoms with Gasteiger partial charge in [0.15, 0.2) is 0 Å². The molecule has 0 aliphatic carbocycles. The third-order valence-corrected chi connectivity index (χ3v) is 3.76.